The van der Waals surface area contributed by atoms with Crippen LogP contribution in [0.25, 0.3) is 0 Å². The number of hydrogen-bond donors (Lipinski definition) is 5. The first-order valence-corrected chi connectivity index (χ1v) is 18.2. The fourth-order valence-corrected chi connectivity index (χ4v) is 7.98. The van der Waals surface area contributed by atoms with E-state index in [1.54, 1.807) is 7.05 Å². The van der Waals surface area contributed by atoms with E-state index in [1.807, 2.05) is 27.7 Å². The number of ketones is 1. The minimum absolute atomic E-state index is 0.00905. The molecule has 2 aliphatic carbocycles. The minimum atomic E-state index is -1.03. The normalized spacial score (nSPS) is 24.1. The Kier molecular flexibility index (Phi) is 11.5. The number of nitrogens with one attached hydrogen (secondary N) is 5. The molecule has 3 heterocycles. The Morgan fingerprint density at radius 1 is 1.02 bits per heavy atom. The number of amides is 5. The van der Waals surface area contributed by atoms with Crippen LogP contribution in [-0.4, -0.2) is 107 Å². The standard InChI is InChI=1S/C35H53N7O8/c1-6-10-22(28(44)32(47)37-21-13-14-21)38-31(46)27-25-20(15-16-36-25)18-42(27)34(49)29(35(2,3)4)41(5)33(48)26(19-11-8-7-9-12-19)39-30(45)23-17-24(43)40-50-23/h17,19-22,25-27,29,36H,6-16,18H2,1-5H3,(H,37,47)(H,38,46)(H,39,45)(H,40,43)/t20-,22-,25-,26-,27-,29+/m0/s1. The van der Waals surface area contributed by atoms with Gasteiger partial charge in [-0.15, -0.1) is 0 Å². The lowest BCUT2D eigenvalue weighted by Crippen LogP contribution is -2.63. The van der Waals surface area contributed by atoms with Crippen molar-refractivity contribution in [3.05, 3.63) is 22.2 Å². The third-order valence-electron chi connectivity index (χ3n) is 10.6. The zero-order chi connectivity index (χ0) is 36.3. The number of rotatable bonds is 13. The maximum atomic E-state index is 14.8. The predicted molar refractivity (Wildman–Crippen MR) is 182 cm³/mol. The van der Waals surface area contributed by atoms with Crippen molar-refractivity contribution in [2.75, 3.05) is 20.1 Å². The maximum Gasteiger partial charge on any atom is 0.290 e. The number of aromatic amines is 1. The predicted octanol–water partition coefficient (Wildman–Crippen LogP) is 0.841. The van der Waals surface area contributed by atoms with Crippen molar-refractivity contribution in [3.8, 4) is 0 Å². The molecule has 2 aliphatic heterocycles. The van der Waals surface area contributed by atoms with Crippen LogP contribution in [0.5, 0.6) is 0 Å². The van der Waals surface area contributed by atoms with Gasteiger partial charge in [-0.2, -0.15) is 5.16 Å². The highest BCUT2D eigenvalue weighted by molar-refractivity contribution is 6.38. The van der Waals surface area contributed by atoms with Gasteiger partial charge in [0.05, 0.1) is 12.1 Å². The van der Waals surface area contributed by atoms with Gasteiger partial charge in [0.1, 0.15) is 18.1 Å². The molecule has 0 bridgehead atoms. The Labute approximate surface area is 292 Å². The molecular weight excluding hydrogens is 646 g/mol. The third kappa shape index (κ3) is 8.30. The molecule has 2 saturated heterocycles. The number of nitrogens with zero attached hydrogens (tertiary/aromatic N) is 2. The molecule has 0 radical (unpaired) electrons. The number of fused-ring (bicyclic) bond motifs is 1. The highest BCUT2D eigenvalue weighted by Gasteiger charge is 2.53. The quantitative estimate of drug-likeness (QED) is 0.185. The molecule has 6 atom stereocenters. The van der Waals surface area contributed by atoms with Gasteiger partial charge in [-0.05, 0) is 62.3 Å². The zero-order valence-corrected chi connectivity index (χ0v) is 29.8. The number of likely N-dealkylation sites (tertiary alicyclic amines) is 1. The van der Waals surface area contributed by atoms with Crippen LogP contribution in [0, 0.1) is 17.3 Å². The monoisotopic (exact) mass is 699 g/mol. The Bertz CT molecular complexity index is 1500. The second-order valence-electron chi connectivity index (χ2n) is 15.6. The van der Waals surface area contributed by atoms with E-state index in [-0.39, 0.29) is 42.6 Å². The van der Waals surface area contributed by atoms with Gasteiger partial charge >= 0.3 is 0 Å². The first-order chi connectivity index (χ1) is 23.7. The first kappa shape index (κ1) is 37.3. The van der Waals surface area contributed by atoms with Crippen LogP contribution in [0.3, 0.4) is 0 Å². The first-order valence-electron chi connectivity index (χ1n) is 18.2. The highest BCUT2D eigenvalue weighted by Crippen LogP contribution is 2.35. The Morgan fingerprint density at radius 2 is 1.72 bits per heavy atom. The van der Waals surface area contributed by atoms with Crippen LogP contribution in [0.4, 0.5) is 0 Å². The van der Waals surface area contributed by atoms with E-state index in [1.165, 1.54) is 9.80 Å². The molecule has 15 heteroatoms. The number of H-pyrrole nitrogens is 1. The Morgan fingerprint density at radius 3 is 2.32 bits per heavy atom. The Hall–Kier alpha value is -4.01. The number of aromatic nitrogens is 1. The van der Waals surface area contributed by atoms with Gasteiger partial charge in [-0.3, -0.25) is 33.6 Å². The number of carbonyl (C=O) groups is 6. The summed E-state index contributed by atoms with van der Waals surface area (Å²) in [4.78, 5) is 96.8. The molecule has 0 unspecified atom stereocenters. The number of hydrogen-bond acceptors (Lipinski definition) is 9. The van der Waals surface area contributed by atoms with Gasteiger partial charge in [0, 0.05) is 25.7 Å². The summed E-state index contributed by atoms with van der Waals surface area (Å²) in [5.74, 6) is -3.97. The molecule has 50 heavy (non-hydrogen) atoms. The molecule has 5 amide bonds. The molecule has 4 fully saturated rings. The van der Waals surface area contributed by atoms with Crippen LogP contribution in [0.1, 0.15) is 102 Å². The van der Waals surface area contributed by atoms with Crippen molar-refractivity contribution in [2.24, 2.45) is 17.3 Å². The van der Waals surface area contributed by atoms with E-state index in [4.69, 9.17) is 4.52 Å². The van der Waals surface area contributed by atoms with E-state index in [0.717, 1.165) is 44.6 Å². The topological polar surface area (TPSA) is 203 Å². The summed E-state index contributed by atoms with van der Waals surface area (Å²) < 4.78 is 5.00. The van der Waals surface area contributed by atoms with Gasteiger partial charge < -0.3 is 35.6 Å². The molecule has 276 valence electrons. The molecule has 5 N–H and O–H groups in total. The van der Waals surface area contributed by atoms with E-state index in [0.29, 0.717) is 25.8 Å². The van der Waals surface area contributed by atoms with Gasteiger partial charge in [0.15, 0.2) is 0 Å². The molecular formula is C35H53N7O8. The molecule has 0 aromatic carbocycles. The molecule has 15 nitrogen and oxygen atoms in total. The molecule has 1 aromatic rings. The molecule has 1 aromatic heterocycles. The summed E-state index contributed by atoms with van der Waals surface area (Å²) in [5.41, 5.74) is -1.37. The number of carbonyl (C=O) groups excluding carboxylic acids is 6. The van der Waals surface area contributed by atoms with Gasteiger partial charge in [-0.1, -0.05) is 53.4 Å². The smallest absolute Gasteiger partial charge is 0.290 e. The molecule has 5 rings (SSSR count). The average molecular weight is 700 g/mol. The Balaban J connectivity index is 1.39. The largest absolute Gasteiger partial charge is 0.373 e. The van der Waals surface area contributed by atoms with E-state index < -0.39 is 70.5 Å². The van der Waals surface area contributed by atoms with Crippen LogP contribution < -0.4 is 26.8 Å². The van der Waals surface area contributed by atoms with Crippen molar-refractivity contribution in [2.45, 2.75) is 128 Å². The number of Topliss-reactive ketones (excluding diaryl/α,β-unsaturated/α-hetero) is 1. The second-order valence-corrected chi connectivity index (χ2v) is 15.6. The maximum absolute atomic E-state index is 14.8. The third-order valence-corrected chi connectivity index (χ3v) is 10.6. The fraction of sp³-hybridized carbons (Fsp3) is 0.743. The average Bonchev–Trinajstić information content (AvgIpc) is 3.40. The molecule has 4 aliphatic rings. The van der Waals surface area contributed by atoms with E-state index in [2.05, 4.69) is 26.4 Å². The van der Waals surface area contributed by atoms with Crippen molar-refractivity contribution in [1.29, 1.82) is 0 Å². The summed E-state index contributed by atoms with van der Waals surface area (Å²) in [6, 6.07) is -3.34. The van der Waals surface area contributed by atoms with Crippen molar-refractivity contribution >= 4 is 35.3 Å². The lowest BCUT2D eigenvalue weighted by molar-refractivity contribution is -0.153. The van der Waals surface area contributed by atoms with E-state index in [9.17, 15) is 33.6 Å². The number of likely N-dealkylation sites (N-methyl/N-ethyl adjacent to an activating group) is 1. The van der Waals surface area contributed by atoms with Crippen molar-refractivity contribution in [3.63, 3.8) is 0 Å². The summed E-state index contributed by atoms with van der Waals surface area (Å²) in [6.45, 7) is 8.37. The van der Waals surface area contributed by atoms with Gasteiger partial charge in [0.2, 0.25) is 29.3 Å². The van der Waals surface area contributed by atoms with Crippen LogP contribution in [-0.2, 0) is 24.0 Å². The van der Waals surface area contributed by atoms with E-state index >= 15 is 0 Å². The van der Waals surface area contributed by atoms with Crippen molar-refractivity contribution < 1.29 is 33.3 Å². The zero-order valence-electron chi connectivity index (χ0n) is 29.8. The SMILES string of the molecule is CCC[C@H](NC(=O)[C@@H]1[C@H]2NCC[C@H]2CN1C(=O)[C@@H](N(C)C(=O)[C@@H](NC(=O)c1cc(=O)[nH]o1)C1CCCCC1)C(C)(C)C)C(=O)C(=O)NC1CC1. The summed E-state index contributed by atoms with van der Waals surface area (Å²) in [7, 11) is 1.55. The van der Waals surface area contributed by atoms with Crippen molar-refractivity contribution in [1.82, 2.24) is 36.2 Å². The highest BCUT2D eigenvalue weighted by atomic mass is 16.5. The molecule has 0 spiro atoms. The van der Waals surface area contributed by atoms with Crippen LogP contribution in [0.2, 0.25) is 0 Å². The van der Waals surface area contributed by atoms with Gasteiger partial charge in [-0.25, -0.2) is 0 Å². The summed E-state index contributed by atoms with van der Waals surface area (Å²) >= 11 is 0. The van der Waals surface area contributed by atoms with Crippen LogP contribution in [0.15, 0.2) is 15.4 Å². The summed E-state index contributed by atoms with van der Waals surface area (Å²) in [5, 5.41) is 13.8. The lowest BCUT2D eigenvalue weighted by atomic mass is 9.81. The minimum Gasteiger partial charge on any atom is -0.373 e. The summed E-state index contributed by atoms with van der Waals surface area (Å²) in [6.07, 6.45) is 7.42. The fourth-order valence-electron chi connectivity index (χ4n) is 7.98. The lowest BCUT2D eigenvalue weighted by Gasteiger charge is -2.42. The second kappa shape index (κ2) is 15.5. The molecule has 2 saturated carbocycles. The van der Waals surface area contributed by atoms with Gasteiger partial charge in [0.25, 0.3) is 17.4 Å². The van der Waals surface area contributed by atoms with Crippen LogP contribution >= 0.6 is 0 Å².